The normalized spacial score (nSPS) is 18.7. The first-order valence-electron chi connectivity index (χ1n) is 7.82. The van der Waals surface area contributed by atoms with Gasteiger partial charge >= 0.3 is 0 Å². The molecule has 2 N–H and O–H groups in total. The Morgan fingerprint density at radius 2 is 1.78 bits per heavy atom. The second-order valence-corrected chi connectivity index (χ2v) is 7.48. The fourth-order valence-electron chi connectivity index (χ4n) is 3.54. The molecule has 0 atom stereocenters. The molecule has 1 saturated carbocycles. The molecule has 1 amide bonds. The summed E-state index contributed by atoms with van der Waals surface area (Å²) in [6, 6.07) is 3.59. The van der Waals surface area contributed by atoms with E-state index in [1.165, 1.54) is 0 Å². The van der Waals surface area contributed by atoms with Gasteiger partial charge < -0.3 is 5.32 Å². The lowest BCUT2D eigenvalue weighted by atomic mass is 10.0. The molecule has 2 heterocycles. The minimum absolute atomic E-state index is 0.224. The Balaban J connectivity index is 1.76. The van der Waals surface area contributed by atoms with Crippen LogP contribution in [0, 0.1) is 24.7 Å². The molecule has 0 spiro atoms. The van der Waals surface area contributed by atoms with Crippen molar-refractivity contribution in [3.05, 3.63) is 35.0 Å². The smallest absolute Gasteiger partial charge is 0.275 e. The Kier molecular flexibility index (Phi) is 3.32. The van der Waals surface area contributed by atoms with E-state index >= 15 is 0 Å². The molecule has 1 aliphatic carbocycles. The second-order valence-electron chi connectivity index (χ2n) is 7.48. The molecule has 3 rings (SSSR count). The lowest BCUT2D eigenvalue weighted by molar-refractivity contribution is 0.102. The van der Waals surface area contributed by atoms with Crippen molar-refractivity contribution < 1.29 is 4.79 Å². The van der Waals surface area contributed by atoms with Gasteiger partial charge in [-0.2, -0.15) is 5.10 Å². The molecule has 1 aliphatic rings. The third-order valence-corrected chi connectivity index (χ3v) is 5.37. The zero-order valence-electron chi connectivity index (χ0n) is 14.5. The average molecular weight is 313 g/mol. The Labute approximate surface area is 136 Å². The van der Waals surface area contributed by atoms with Crippen LogP contribution in [0.15, 0.2) is 12.1 Å². The van der Waals surface area contributed by atoms with Crippen molar-refractivity contribution in [2.24, 2.45) is 10.8 Å². The van der Waals surface area contributed by atoms with E-state index < -0.39 is 0 Å². The number of amides is 1. The summed E-state index contributed by atoms with van der Waals surface area (Å²) >= 11 is 0. The number of nitrogens with one attached hydrogen (secondary N) is 2. The monoisotopic (exact) mass is 313 g/mol. The van der Waals surface area contributed by atoms with Gasteiger partial charge in [0.15, 0.2) is 5.82 Å². The summed E-state index contributed by atoms with van der Waals surface area (Å²) in [4.78, 5) is 20.7. The minimum atomic E-state index is -0.272. The highest BCUT2D eigenvalue weighted by molar-refractivity contribution is 6.02. The molecule has 6 nitrogen and oxygen atoms in total. The van der Waals surface area contributed by atoms with E-state index in [1.807, 2.05) is 13.0 Å². The van der Waals surface area contributed by atoms with Crippen LogP contribution in [0.1, 0.15) is 61.3 Å². The van der Waals surface area contributed by atoms with Crippen LogP contribution in [-0.2, 0) is 0 Å². The Morgan fingerprint density at radius 1 is 1.13 bits per heavy atom. The molecular weight excluding hydrogens is 290 g/mol. The van der Waals surface area contributed by atoms with Gasteiger partial charge in [0, 0.05) is 23.4 Å². The number of nitrogens with zero attached hydrogens (tertiary/aromatic N) is 3. The zero-order chi connectivity index (χ0) is 17.0. The molecule has 0 aromatic carbocycles. The van der Waals surface area contributed by atoms with Gasteiger partial charge in [0.2, 0.25) is 0 Å². The van der Waals surface area contributed by atoms with E-state index in [2.05, 4.69) is 53.2 Å². The number of hydrogen-bond donors (Lipinski definition) is 2. The van der Waals surface area contributed by atoms with E-state index in [1.54, 1.807) is 13.0 Å². The van der Waals surface area contributed by atoms with E-state index in [-0.39, 0.29) is 16.7 Å². The van der Waals surface area contributed by atoms with Crippen LogP contribution < -0.4 is 5.32 Å². The SMILES string of the molecule is Cc1cc(C(=O)Nc2cc(C3C(C)(C)C3(C)C)[nH]n2)nc(C)n1. The lowest BCUT2D eigenvalue weighted by Gasteiger charge is -2.03. The van der Waals surface area contributed by atoms with E-state index in [4.69, 9.17) is 0 Å². The van der Waals surface area contributed by atoms with Crippen molar-refractivity contribution in [3.8, 4) is 0 Å². The van der Waals surface area contributed by atoms with Crippen molar-refractivity contribution in [2.45, 2.75) is 47.5 Å². The third-order valence-electron chi connectivity index (χ3n) is 5.37. The minimum Gasteiger partial charge on any atom is -0.304 e. The number of rotatable bonds is 3. The van der Waals surface area contributed by atoms with Crippen LogP contribution in [-0.4, -0.2) is 26.1 Å². The average Bonchev–Trinajstić information content (AvgIpc) is 2.75. The van der Waals surface area contributed by atoms with Gasteiger partial charge in [-0.25, -0.2) is 9.97 Å². The standard InChI is InChI=1S/C17H23N5O/c1-9-7-12(19-10(2)18-9)15(23)20-13-8-11(21-22-13)14-16(3,4)17(14,5)6/h7-8,14H,1-6H3,(H2,20,21,22,23). The van der Waals surface area contributed by atoms with Gasteiger partial charge in [0.05, 0.1) is 0 Å². The number of carbonyl (C=O) groups excluding carboxylic acids is 1. The van der Waals surface area contributed by atoms with Crippen molar-refractivity contribution in [2.75, 3.05) is 5.32 Å². The van der Waals surface area contributed by atoms with E-state index in [0.717, 1.165) is 11.4 Å². The number of aryl methyl sites for hydroxylation is 2. The highest BCUT2D eigenvalue weighted by Crippen LogP contribution is 2.73. The van der Waals surface area contributed by atoms with Crippen molar-refractivity contribution in [1.29, 1.82) is 0 Å². The molecule has 0 bridgehead atoms. The van der Waals surface area contributed by atoms with Crippen LogP contribution in [0.3, 0.4) is 0 Å². The van der Waals surface area contributed by atoms with Crippen molar-refractivity contribution >= 4 is 11.7 Å². The number of aromatic nitrogens is 4. The lowest BCUT2D eigenvalue weighted by Crippen LogP contribution is -2.15. The van der Waals surface area contributed by atoms with Crippen LogP contribution in [0.2, 0.25) is 0 Å². The first-order valence-corrected chi connectivity index (χ1v) is 7.82. The van der Waals surface area contributed by atoms with Crippen molar-refractivity contribution in [3.63, 3.8) is 0 Å². The maximum Gasteiger partial charge on any atom is 0.275 e. The number of anilines is 1. The molecule has 0 radical (unpaired) electrons. The molecule has 0 saturated heterocycles. The zero-order valence-corrected chi connectivity index (χ0v) is 14.5. The molecule has 0 unspecified atom stereocenters. The molecule has 6 heteroatoms. The summed E-state index contributed by atoms with van der Waals surface area (Å²) in [5, 5.41) is 10.1. The number of H-pyrrole nitrogens is 1. The van der Waals surface area contributed by atoms with Crippen LogP contribution in [0.5, 0.6) is 0 Å². The molecule has 2 aromatic heterocycles. The largest absolute Gasteiger partial charge is 0.304 e. The molecule has 2 aromatic rings. The summed E-state index contributed by atoms with van der Waals surface area (Å²) < 4.78 is 0. The fraction of sp³-hybridized carbons (Fsp3) is 0.529. The molecule has 23 heavy (non-hydrogen) atoms. The summed E-state index contributed by atoms with van der Waals surface area (Å²) in [5.74, 6) is 1.25. The Bertz CT molecular complexity index is 741. The topological polar surface area (TPSA) is 83.6 Å². The van der Waals surface area contributed by atoms with Crippen LogP contribution >= 0.6 is 0 Å². The highest BCUT2D eigenvalue weighted by Gasteiger charge is 2.65. The van der Waals surface area contributed by atoms with Gasteiger partial charge in [-0.3, -0.25) is 9.89 Å². The predicted octanol–water partition coefficient (Wildman–Crippen LogP) is 3.22. The summed E-state index contributed by atoms with van der Waals surface area (Å²) in [6.45, 7) is 12.6. The first-order chi connectivity index (χ1) is 10.6. The number of hydrogen-bond acceptors (Lipinski definition) is 4. The first kappa shape index (κ1) is 15.6. The van der Waals surface area contributed by atoms with Gasteiger partial charge in [-0.1, -0.05) is 27.7 Å². The van der Waals surface area contributed by atoms with Gasteiger partial charge in [-0.15, -0.1) is 0 Å². The second kappa shape index (κ2) is 4.88. The van der Waals surface area contributed by atoms with Crippen molar-refractivity contribution in [1.82, 2.24) is 20.2 Å². The maximum atomic E-state index is 12.3. The van der Waals surface area contributed by atoms with Gasteiger partial charge in [-0.05, 0) is 30.7 Å². The van der Waals surface area contributed by atoms with Crippen LogP contribution in [0.25, 0.3) is 0 Å². The Morgan fingerprint density at radius 3 is 2.35 bits per heavy atom. The molecule has 122 valence electrons. The molecule has 1 fully saturated rings. The Hall–Kier alpha value is -2.24. The van der Waals surface area contributed by atoms with Crippen LogP contribution in [0.4, 0.5) is 5.82 Å². The summed E-state index contributed by atoms with van der Waals surface area (Å²) in [5.41, 5.74) is 2.63. The maximum absolute atomic E-state index is 12.3. The molecular formula is C17H23N5O. The number of aromatic amines is 1. The molecule has 0 aliphatic heterocycles. The fourth-order valence-corrected chi connectivity index (χ4v) is 3.54. The van der Waals surface area contributed by atoms with Gasteiger partial charge in [0.25, 0.3) is 5.91 Å². The number of carbonyl (C=O) groups is 1. The third kappa shape index (κ3) is 2.52. The summed E-state index contributed by atoms with van der Waals surface area (Å²) in [7, 11) is 0. The van der Waals surface area contributed by atoms with Gasteiger partial charge in [0.1, 0.15) is 11.5 Å². The van der Waals surface area contributed by atoms with E-state index in [0.29, 0.717) is 23.3 Å². The predicted molar refractivity (Wildman–Crippen MR) is 88.3 cm³/mol. The highest BCUT2D eigenvalue weighted by atomic mass is 16.2. The van der Waals surface area contributed by atoms with E-state index in [9.17, 15) is 4.79 Å². The quantitative estimate of drug-likeness (QED) is 0.911. The summed E-state index contributed by atoms with van der Waals surface area (Å²) in [6.07, 6.45) is 0.